The largest absolute Gasteiger partial charge is 0.481 e. The number of primary amides is 1. The van der Waals surface area contributed by atoms with Crippen molar-refractivity contribution < 1.29 is 39.3 Å². The minimum absolute atomic E-state index is 0.0388. The minimum Gasteiger partial charge on any atom is -0.481 e. The second kappa shape index (κ2) is 14.8. The maximum absolute atomic E-state index is 12.3. The Kier molecular flexibility index (Phi) is 11.6. The van der Waals surface area contributed by atoms with Crippen LogP contribution in [-0.4, -0.2) is 93.3 Å². The van der Waals surface area contributed by atoms with Gasteiger partial charge in [-0.2, -0.15) is 4.98 Å². The van der Waals surface area contributed by atoms with Gasteiger partial charge in [-0.15, -0.1) is 0 Å². The molecule has 1 aliphatic rings. The molecule has 3 rings (SSSR count). The molecule has 0 bridgehead atoms. The van der Waals surface area contributed by atoms with Crippen LogP contribution in [0.2, 0.25) is 0 Å². The Balaban J connectivity index is 0.000000592. The number of H-pyrrole nitrogens is 1. The summed E-state index contributed by atoms with van der Waals surface area (Å²) in [6, 6.07) is 3.87. The number of carbonyl (C=O) groups is 5. The second-order valence-electron chi connectivity index (χ2n) is 9.16. The average molecular weight is 592 g/mol. The quantitative estimate of drug-likeness (QED) is 0.128. The minimum atomic E-state index is -1.30. The number of aliphatic carboxylic acids is 3. The number of carbonyl (C=O) groups excluding carboxylic acids is 2. The molecule has 18 nitrogen and oxygen atoms in total. The molecule has 2 amide bonds. The van der Waals surface area contributed by atoms with E-state index in [0.717, 1.165) is 5.69 Å². The fraction of sp³-hybridized carbons (Fsp3) is 0.375. The van der Waals surface area contributed by atoms with Crippen molar-refractivity contribution >= 4 is 52.9 Å². The fourth-order valence-electron chi connectivity index (χ4n) is 3.72. The molecular weight excluding hydrogens is 558 g/mol. The molecule has 13 N–H and O–H groups in total. The van der Waals surface area contributed by atoms with Crippen LogP contribution in [0.3, 0.4) is 0 Å². The van der Waals surface area contributed by atoms with E-state index in [0.29, 0.717) is 24.6 Å². The highest BCUT2D eigenvalue weighted by Crippen LogP contribution is 2.25. The molecule has 18 heteroatoms. The van der Waals surface area contributed by atoms with Gasteiger partial charge in [0.25, 0.3) is 11.5 Å². The Hall–Kier alpha value is -5.39. The lowest BCUT2D eigenvalue weighted by molar-refractivity contribution is -0.141. The van der Waals surface area contributed by atoms with E-state index in [4.69, 9.17) is 21.7 Å². The van der Waals surface area contributed by atoms with Crippen molar-refractivity contribution in [2.45, 2.75) is 37.4 Å². The van der Waals surface area contributed by atoms with Gasteiger partial charge in [0, 0.05) is 37.8 Å². The topological polar surface area (TPSA) is 309 Å². The molecule has 1 aromatic carbocycles. The number of aromatic amines is 1. The lowest BCUT2D eigenvalue weighted by Gasteiger charge is -2.35. The van der Waals surface area contributed by atoms with Crippen LogP contribution in [0.5, 0.6) is 0 Å². The molecule has 0 radical (unpaired) electrons. The van der Waals surface area contributed by atoms with Crippen molar-refractivity contribution in [2.24, 2.45) is 11.5 Å². The van der Waals surface area contributed by atoms with Crippen LogP contribution in [0, 0.1) is 0 Å². The number of hydrogen-bond donors (Lipinski definition) is 10. The average Bonchev–Trinajstić information content (AvgIpc) is 2.90. The summed E-state index contributed by atoms with van der Waals surface area (Å²) >= 11 is 0. The number of nitrogens with two attached hydrogens (primary N) is 3. The molecule has 0 aliphatic carbocycles. The van der Waals surface area contributed by atoms with Crippen LogP contribution in [0.4, 0.5) is 23.1 Å². The van der Waals surface area contributed by atoms with Crippen molar-refractivity contribution in [2.75, 3.05) is 41.4 Å². The molecule has 3 atom stereocenters. The first kappa shape index (κ1) is 32.8. The number of likely N-dealkylation sites (N-methyl/N-ethyl adjacent to an activating group) is 1. The summed E-state index contributed by atoms with van der Waals surface area (Å²) in [5.41, 5.74) is 16.2. The number of carboxylic acid groups (broad SMARTS) is 3. The van der Waals surface area contributed by atoms with Crippen LogP contribution in [0.25, 0.3) is 0 Å². The van der Waals surface area contributed by atoms with Gasteiger partial charge in [0.1, 0.15) is 17.8 Å². The summed E-state index contributed by atoms with van der Waals surface area (Å²) in [4.78, 5) is 74.8. The monoisotopic (exact) mass is 591 g/mol. The molecule has 42 heavy (non-hydrogen) atoms. The highest BCUT2D eigenvalue weighted by Gasteiger charge is 2.27. The van der Waals surface area contributed by atoms with E-state index in [9.17, 15) is 33.9 Å². The molecular formula is C24H33N9O9. The van der Waals surface area contributed by atoms with Gasteiger partial charge < -0.3 is 53.4 Å². The van der Waals surface area contributed by atoms with Crippen molar-refractivity contribution in [3.05, 3.63) is 40.2 Å². The van der Waals surface area contributed by atoms with Crippen LogP contribution >= 0.6 is 0 Å². The smallest absolute Gasteiger partial charge is 0.326 e. The molecule has 0 fully saturated rings. The zero-order valence-electron chi connectivity index (χ0n) is 22.5. The van der Waals surface area contributed by atoms with E-state index in [1.807, 2.05) is 4.90 Å². The number of hydrogen-bond acceptors (Lipinski definition) is 12. The van der Waals surface area contributed by atoms with Crippen LogP contribution in [0.1, 0.15) is 29.6 Å². The van der Waals surface area contributed by atoms with Gasteiger partial charge in [-0.25, -0.2) is 4.79 Å². The lowest BCUT2D eigenvalue weighted by atomic mass is 10.1. The maximum atomic E-state index is 12.3. The zero-order chi connectivity index (χ0) is 31.6. The molecule has 0 saturated heterocycles. The molecule has 2 aromatic rings. The maximum Gasteiger partial charge on any atom is 0.326 e. The SMILES string of the molecule is CN1c2c(nc(N)[nH]c2=O)NC[C@@H]1CNc1ccc(C(=O)NC(CCC(=O)O)C(=O)O)cc1.NC(=O)C[C@H](N)C(=O)O. The number of nitrogens with one attached hydrogen (secondary N) is 4. The Morgan fingerprint density at radius 2 is 1.76 bits per heavy atom. The van der Waals surface area contributed by atoms with Gasteiger partial charge >= 0.3 is 17.9 Å². The Morgan fingerprint density at radius 3 is 2.29 bits per heavy atom. The molecule has 2 heterocycles. The van der Waals surface area contributed by atoms with Gasteiger partial charge in [-0.05, 0) is 30.7 Å². The predicted molar refractivity (Wildman–Crippen MR) is 150 cm³/mol. The first-order valence-corrected chi connectivity index (χ1v) is 12.4. The summed E-state index contributed by atoms with van der Waals surface area (Å²) in [5.74, 6) is -4.51. The van der Waals surface area contributed by atoms with Crippen LogP contribution in [-0.2, 0) is 19.2 Å². The fourth-order valence-corrected chi connectivity index (χ4v) is 3.72. The number of nitrogen functional groups attached to an aromatic ring is 1. The molecule has 0 spiro atoms. The number of nitrogens with zero attached hydrogens (tertiary/aromatic N) is 2. The third-order valence-corrected chi connectivity index (χ3v) is 6.00. The standard InChI is InChI=1S/C20H25N7O6.C4H8N2O3/c1-27-12(9-23-16-15(27)18(31)26-20(21)25-16)8-22-11-4-2-10(3-5-11)17(30)24-13(19(32)33)6-7-14(28)29;5-2(4(8)9)1-3(6)7/h2-5,12-13,22H,6-9H2,1H3,(H,24,30)(H,28,29)(H,32,33)(H4,21,23,25,26,31);2H,1,5H2,(H2,6,7)(H,8,9)/t12-,13?;2-/m00/s1. The number of carboxylic acids is 3. The van der Waals surface area contributed by atoms with E-state index in [2.05, 4.69) is 31.7 Å². The highest BCUT2D eigenvalue weighted by molar-refractivity contribution is 5.97. The molecule has 228 valence electrons. The molecule has 1 aliphatic heterocycles. The number of anilines is 4. The number of benzene rings is 1. The Morgan fingerprint density at radius 1 is 1.12 bits per heavy atom. The summed E-state index contributed by atoms with van der Waals surface area (Å²) < 4.78 is 0. The number of rotatable bonds is 12. The molecule has 1 aromatic heterocycles. The van der Waals surface area contributed by atoms with Crippen molar-refractivity contribution in [3.8, 4) is 0 Å². The first-order valence-electron chi connectivity index (χ1n) is 12.4. The number of amides is 2. The van der Waals surface area contributed by atoms with E-state index >= 15 is 0 Å². The third-order valence-electron chi connectivity index (χ3n) is 6.00. The van der Waals surface area contributed by atoms with Crippen molar-refractivity contribution in [1.29, 1.82) is 0 Å². The van der Waals surface area contributed by atoms with E-state index in [1.54, 1.807) is 19.2 Å². The molecule has 0 saturated carbocycles. The van der Waals surface area contributed by atoms with Gasteiger partial charge in [0.15, 0.2) is 5.82 Å². The molecule has 1 unspecified atom stereocenters. The normalized spacial score (nSPS) is 15.0. The van der Waals surface area contributed by atoms with Crippen molar-refractivity contribution in [1.82, 2.24) is 15.3 Å². The summed E-state index contributed by atoms with van der Waals surface area (Å²) in [6.45, 7) is 1.01. The number of aromatic nitrogens is 2. The third kappa shape index (κ3) is 9.66. The van der Waals surface area contributed by atoms with Gasteiger partial charge in [0.05, 0.1) is 12.5 Å². The van der Waals surface area contributed by atoms with Crippen molar-refractivity contribution in [3.63, 3.8) is 0 Å². The summed E-state index contributed by atoms with van der Waals surface area (Å²) in [5, 5.41) is 34.7. The summed E-state index contributed by atoms with van der Waals surface area (Å²) in [7, 11) is 1.79. The Bertz CT molecular complexity index is 1360. The van der Waals surface area contributed by atoms with Gasteiger partial charge in [0.2, 0.25) is 11.9 Å². The van der Waals surface area contributed by atoms with Gasteiger partial charge in [-0.3, -0.25) is 29.0 Å². The van der Waals surface area contributed by atoms with E-state index < -0.39 is 41.8 Å². The lowest BCUT2D eigenvalue weighted by Crippen LogP contribution is -2.48. The Labute approximate surface area is 238 Å². The van der Waals surface area contributed by atoms with E-state index in [1.165, 1.54) is 12.1 Å². The van der Waals surface area contributed by atoms with E-state index in [-0.39, 0.29) is 42.4 Å². The first-order chi connectivity index (χ1) is 19.7. The van der Waals surface area contributed by atoms with Gasteiger partial charge in [-0.1, -0.05) is 0 Å². The summed E-state index contributed by atoms with van der Waals surface area (Å²) in [6.07, 6.45) is -0.896. The van der Waals surface area contributed by atoms with Crippen LogP contribution in [0.15, 0.2) is 29.1 Å². The highest BCUT2D eigenvalue weighted by atomic mass is 16.4. The second-order valence-corrected chi connectivity index (χ2v) is 9.16. The predicted octanol–water partition coefficient (Wildman–Crippen LogP) is -1.98. The van der Waals surface area contributed by atoms with Crippen LogP contribution < -0.4 is 43.6 Å². The number of fused-ring (bicyclic) bond motifs is 1. The zero-order valence-corrected chi connectivity index (χ0v) is 22.5.